The van der Waals surface area contributed by atoms with E-state index < -0.39 is 5.97 Å². The molecule has 0 saturated heterocycles. The van der Waals surface area contributed by atoms with E-state index in [2.05, 4.69) is 0 Å². The molecule has 1 aromatic carbocycles. The molecular formula is C16H23NO4. The van der Waals surface area contributed by atoms with Crippen LogP contribution in [0.1, 0.15) is 25.0 Å². The van der Waals surface area contributed by atoms with Gasteiger partial charge in [0.2, 0.25) is 0 Å². The second-order valence-electron chi connectivity index (χ2n) is 4.77. The van der Waals surface area contributed by atoms with Crippen LogP contribution in [0.5, 0.6) is 5.75 Å². The number of carbonyl (C=O) groups excluding carboxylic acids is 2. The Morgan fingerprint density at radius 3 is 2.52 bits per heavy atom. The Hall–Kier alpha value is -2.04. The molecule has 1 rings (SSSR count). The fraction of sp³-hybridized carbons (Fsp3) is 0.500. The average molecular weight is 293 g/mol. The number of likely N-dealkylation sites (N-methyl/N-ethyl adjacent to an activating group) is 1. The standard InChI is InChI=1S/C16H23NO4/c1-5-17(10-16(19)20-6-2)15(18)11-21-14-9-12(3)7-8-13(14)4/h7-9H,5-6,10-11H2,1-4H3. The van der Waals surface area contributed by atoms with Crippen LogP contribution in [0.25, 0.3) is 0 Å². The van der Waals surface area contributed by atoms with Crippen molar-refractivity contribution < 1.29 is 19.1 Å². The number of aryl methyl sites for hydroxylation is 2. The van der Waals surface area contributed by atoms with E-state index in [1.165, 1.54) is 4.90 Å². The zero-order valence-electron chi connectivity index (χ0n) is 13.1. The summed E-state index contributed by atoms with van der Waals surface area (Å²) in [6, 6.07) is 5.83. The summed E-state index contributed by atoms with van der Waals surface area (Å²) in [4.78, 5) is 24.9. The van der Waals surface area contributed by atoms with Crippen molar-refractivity contribution in [2.24, 2.45) is 0 Å². The molecule has 0 fully saturated rings. The van der Waals surface area contributed by atoms with E-state index >= 15 is 0 Å². The van der Waals surface area contributed by atoms with Gasteiger partial charge in [-0.2, -0.15) is 0 Å². The van der Waals surface area contributed by atoms with Crippen LogP contribution in [0.15, 0.2) is 18.2 Å². The molecule has 5 heteroatoms. The summed E-state index contributed by atoms with van der Waals surface area (Å²) in [6.45, 7) is 8.06. The molecule has 0 atom stereocenters. The highest BCUT2D eigenvalue weighted by atomic mass is 16.5. The van der Waals surface area contributed by atoms with Gasteiger partial charge >= 0.3 is 5.97 Å². The molecule has 1 amide bonds. The van der Waals surface area contributed by atoms with Crippen LogP contribution in [-0.4, -0.2) is 43.1 Å². The third-order valence-electron chi connectivity index (χ3n) is 3.05. The summed E-state index contributed by atoms with van der Waals surface area (Å²) < 4.78 is 10.4. The molecule has 5 nitrogen and oxygen atoms in total. The summed E-state index contributed by atoms with van der Waals surface area (Å²) >= 11 is 0. The van der Waals surface area contributed by atoms with Crippen molar-refractivity contribution in [3.8, 4) is 5.75 Å². The fourth-order valence-electron chi connectivity index (χ4n) is 1.83. The molecule has 0 spiro atoms. The van der Waals surface area contributed by atoms with Crippen LogP contribution in [0.2, 0.25) is 0 Å². The van der Waals surface area contributed by atoms with Crippen molar-refractivity contribution >= 4 is 11.9 Å². The normalized spacial score (nSPS) is 10.1. The van der Waals surface area contributed by atoms with Crippen LogP contribution >= 0.6 is 0 Å². The Balaban J connectivity index is 2.58. The van der Waals surface area contributed by atoms with Crippen molar-refractivity contribution in [3.05, 3.63) is 29.3 Å². The number of rotatable bonds is 7. The molecule has 0 aliphatic heterocycles. The van der Waals surface area contributed by atoms with Gasteiger partial charge in [-0.15, -0.1) is 0 Å². The molecule has 0 radical (unpaired) electrons. The first kappa shape index (κ1) is 17.0. The molecule has 0 N–H and O–H groups in total. The minimum atomic E-state index is -0.403. The third-order valence-corrected chi connectivity index (χ3v) is 3.05. The van der Waals surface area contributed by atoms with Gasteiger partial charge in [0.25, 0.3) is 5.91 Å². The van der Waals surface area contributed by atoms with E-state index in [1.54, 1.807) is 6.92 Å². The maximum absolute atomic E-state index is 12.1. The van der Waals surface area contributed by atoms with Crippen LogP contribution in [-0.2, 0) is 14.3 Å². The van der Waals surface area contributed by atoms with Gasteiger partial charge in [-0.25, -0.2) is 0 Å². The number of hydrogen-bond acceptors (Lipinski definition) is 4. The van der Waals surface area contributed by atoms with Gasteiger partial charge in [0.1, 0.15) is 12.3 Å². The van der Waals surface area contributed by atoms with Gasteiger partial charge in [0, 0.05) is 6.54 Å². The Kier molecular flexibility index (Phi) is 6.72. The van der Waals surface area contributed by atoms with Crippen molar-refractivity contribution in [3.63, 3.8) is 0 Å². The summed E-state index contributed by atoms with van der Waals surface area (Å²) in [6.07, 6.45) is 0. The van der Waals surface area contributed by atoms with Crippen molar-refractivity contribution in [1.29, 1.82) is 0 Å². The largest absolute Gasteiger partial charge is 0.483 e. The number of benzene rings is 1. The van der Waals surface area contributed by atoms with E-state index in [1.807, 2.05) is 39.0 Å². The molecule has 0 aromatic heterocycles. The van der Waals surface area contributed by atoms with Crippen LogP contribution < -0.4 is 4.74 Å². The van der Waals surface area contributed by atoms with E-state index in [0.717, 1.165) is 11.1 Å². The molecule has 116 valence electrons. The average Bonchev–Trinajstić information content (AvgIpc) is 2.45. The zero-order chi connectivity index (χ0) is 15.8. The maximum atomic E-state index is 12.1. The van der Waals surface area contributed by atoms with Crippen LogP contribution in [0.3, 0.4) is 0 Å². The number of hydrogen-bond donors (Lipinski definition) is 0. The fourth-order valence-corrected chi connectivity index (χ4v) is 1.83. The number of amides is 1. The van der Waals surface area contributed by atoms with E-state index in [-0.39, 0.29) is 19.1 Å². The van der Waals surface area contributed by atoms with Crippen molar-refractivity contribution in [2.75, 3.05) is 26.3 Å². The first-order valence-corrected chi connectivity index (χ1v) is 7.11. The second kappa shape index (κ2) is 8.29. The molecule has 0 bridgehead atoms. The van der Waals surface area contributed by atoms with Crippen molar-refractivity contribution in [2.45, 2.75) is 27.7 Å². The van der Waals surface area contributed by atoms with E-state index in [0.29, 0.717) is 18.9 Å². The molecule has 0 heterocycles. The van der Waals surface area contributed by atoms with Gasteiger partial charge < -0.3 is 14.4 Å². The predicted molar refractivity (Wildman–Crippen MR) is 80.3 cm³/mol. The summed E-state index contributed by atoms with van der Waals surface area (Å²) in [5.41, 5.74) is 2.05. The van der Waals surface area contributed by atoms with Crippen LogP contribution in [0.4, 0.5) is 0 Å². The third kappa shape index (κ3) is 5.45. The highest BCUT2D eigenvalue weighted by molar-refractivity contribution is 5.83. The lowest BCUT2D eigenvalue weighted by Gasteiger charge is -2.20. The molecular weight excluding hydrogens is 270 g/mol. The van der Waals surface area contributed by atoms with Gasteiger partial charge in [0.05, 0.1) is 6.61 Å². The molecule has 0 unspecified atom stereocenters. The lowest BCUT2D eigenvalue weighted by atomic mass is 10.1. The molecule has 21 heavy (non-hydrogen) atoms. The Morgan fingerprint density at radius 1 is 1.19 bits per heavy atom. The van der Waals surface area contributed by atoms with E-state index in [9.17, 15) is 9.59 Å². The monoisotopic (exact) mass is 293 g/mol. The highest BCUT2D eigenvalue weighted by Gasteiger charge is 2.17. The molecule has 0 aliphatic carbocycles. The number of esters is 1. The van der Waals surface area contributed by atoms with Gasteiger partial charge in [-0.3, -0.25) is 9.59 Å². The summed E-state index contributed by atoms with van der Waals surface area (Å²) in [5.74, 6) is 0.0569. The highest BCUT2D eigenvalue weighted by Crippen LogP contribution is 2.19. The topological polar surface area (TPSA) is 55.8 Å². The first-order valence-electron chi connectivity index (χ1n) is 7.11. The number of ether oxygens (including phenoxy) is 2. The smallest absolute Gasteiger partial charge is 0.325 e. The second-order valence-corrected chi connectivity index (χ2v) is 4.77. The zero-order valence-corrected chi connectivity index (χ0v) is 13.1. The first-order chi connectivity index (χ1) is 9.97. The minimum absolute atomic E-state index is 0.0423. The summed E-state index contributed by atoms with van der Waals surface area (Å²) in [7, 11) is 0. The summed E-state index contributed by atoms with van der Waals surface area (Å²) in [5, 5.41) is 0. The molecule has 0 aliphatic rings. The molecule has 1 aromatic rings. The number of nitrogens with zero attached hydrogens (tertiary/aromatic N) is 1. The van der Waals surface area contributed by atoms with Gasteiger partial charge in [0.15, 0.2) is 6.61 Å². The Labute approximate surface area is 125 Å². The van der Waals surface area contributed by atoms with E-state index in [4.69, 9.17) is 9.47 Å². The number of carbonyl (C=O) groups is 2. The van der Waals surface area contributed by atoms with Gasteiger partial charge in [-0.1, -0.05) is 12.1 Å². The lowest BCUT2D eigenvalue weighted by molar-refractivity contribution is -0.149. The maximum Gasteiger partial charge on any atom is 0.325 e. The Bertz CT molecular complexity index is 499. The van der Waals surface area contributed by atoms with Crippen LogP contribution in [0, 0.1) is 13.8 Å². The Morgan fingerprint density at radius 2 is 1.90 bits per heavy atom. The molecule has 0 saturated carbocycles. The van der Waals surface area contributed by atoms with Gasteiger partial charge in [-0.05, 0) is 44.9 Å². The predicted octanol–water partition coefficient (Wildman–Crippen LogP) is 2.09. The minimum Gasteiger partial charge on any atom is -0.483 e. The SMILES string of the molecule is CCOC(=O)CN(CC)C(=O)COc1cc(C)ccc1C. The lowest BCUT2D eigenvalue weighted by Crippen LogP contribution is -2.39. The quantitative estimate of drug-likeness (QED) is 0.722. The van der Waals surface area contributed by atoms with Crippen molar-refractivity contribution in [1.82, 2.24) is 4.90 Å².